The maximum absolute atomic E-state index is 12.6. The number of primary amides is 1. The van der Waals surface area contributed by atoms with Crippen molar-refractivity contribution in [2.24, 2.45) is 5.73 Å². The molecule has 1 aliphatic rings. The van der Waals surface area contributed by atoms with Crippen LogP contribution >= 0.6 is 0 Å². The molecule has 1 aliphatic heterocycles. The van der Waals surface area contributed by atoms with Crippen molar-refractivity contribution in [2.75, 3.05) is 32.7 Å². The van der Waals surface area contributed by atoms with Crippen LogP contribution in [0.3, 0.4) is 0 Å². The van der Waals surface area contributed by atoms with E-state index in [1.165, 1.54) is 5.56 Å². The van der Waals surface area contributed by atoms with Crippen molar-refractivity contribution in [3.63, 3.8) is 0 Å². The highest BCUT2D eigenvalue weighted by molar-refractivity contribution is 5.85. The van der Waals surface area contributed by atoms with Gasteiger partial charge in [-0.05, 0) is 41.6 Å². The predicted octanol–water partition coefficient (Wildman–Crippen LogP) is 2.31. The van der Waals surface area contributed by atoms with E-state index in [9.17, 15) is 9.59 Å². The number of aromatic amines is 2. The zero-order chi connectivity index (χ0) is 21.4. The van der Waals surface area contributed by atoms with Crippen molar-refractivity contribution >= 4 is 28.0 Å². The summed E-state index contributed by atoms with van der Waals surface area (Å²) in [6.45, 7) is 3.95. The molecule has 0 aliphatic carbocycles. The Bertz CT molecular complexity index is 1320. The number of carbonyl (C=O) groups is 1. The van der Waals surface area contributed by atoms with Crippen LogP contribution < -0.4 is 11.3 Å². The number of benzene rings is 2. The molecule has 3 heterocycles. The molecule has 8 heteroatoms. The molecule has 5 rings (SSSR count). The van der Waals surface area contributed by atoms with Crippen LogP contribution in [-0.2, 0) is 6.42 Å². The lowest BCUT2D eigenvalue weighted by molar-refractivity contribution is 0.146. The van der Waals surface area contributed by atoms with Gasteiger partial charge in [-0.1, -0.05) is 24.3 Å². The molecule has 2 aromatic heterocycles. The van der Waals surface area contributed by atoms with Crippen LogP contribution in [0.25, 0.3) is 33.3 Å². The number of carbonyl (C=O) groups excluding carboxylic acids is 1. The number of hydrogen-bond donors (Lipinski definition) is 3. The first-order valence-electron chi connectivity index (χ1n) is 10.4. The number of imidazole rings is 1. The van der Waals surface area contributed by atoms with Gasteiger partial charge in [-0.15, -0.1) is 0 Å². The lowest BCUT2D eigenvalue weighted by Gasteiger charge is -2.33. The van der Waals surface area contributed by atoms with Gasteiger partial charge in [-0.3, -0.25) is 9.69 Å². The quantitative estimate of drug-likeness (QED) is 0.474. The van der Waals surface area contributed by atoms with Gasteiger partial charge in [0.15, 0.2) is 0 Å². The summed E-state index contributed by atoms with van der Waals surface area (Å²) in [4.78, 5) is 38.7. The molecule has 0 unspecified atom stereocenters. The molecule has 0 radical (unpaired) electrons. The van der Waals surface area contributed by atoms with Gasteiger partial charge >= 0.3 is 6.03 Å². The smallest absolute Gasteiger partial charge is 0.314 e. The zero-order valence-corrected chi connectivity index (χ0v) is 17.1. The Morgan fingerprint density at radius 3 is 2.61 bits per heavy atom. The molecule has 31 heavy (non-hydrogen) atoms. The summed E-state index contributed by atoms with van der Waals surface area (Å²) in [5.41, 5.74) is 9.48. The molecule has 2 aromatic carbocycles. The number of aromatic nitrogens is 3. The Balaban J connectivity index is 1.33. The Kier molecular flexibility index (Phi) is 4.91. The van der Waals surface area contributed by atoms with Crippen LogP contribution in [0.4, 0.5) is 4.79 Å². The summed E-state index contributed by atoms with van der Waals surface area (Å²) < 4.78 is 0. The van der Waals surface area contributed by atoms with Crippen molar-refractivity contribution in [1.82, 2.24) is 24.8 Å². The van der Waals surface area contributed by atoms with Crippen molar-refractivity contribution in [1.29, 1.82) is 0 Å². The zero-order valence-electron chi connectivity index (χ0n) is 17.1. The molecule has 4 N–H and O–H groups in total. The van der Waals surface area contributed by atoms with E-state index in [0.29, 0.717) is 24.5 Å². The first kappa shape index (κ1) is 19.3. The number of urea groups is 1. The highest BCUT2D eigenvalue weighted by Crippen LogP contribution is 2.22. The minimum absolute atomic E-state index is 0.159. The van der Waals surface area contributed by atoms with Crippen LogP contribution in [0.15, 0.2) is 53.3 Å². The van der Waals surface area contributed by atoms with Crippen molar-refractivity contribution in [3.05, 3.63) is 64.4 Å². The maximum atomic E-state index is 12.6. The van der Waals surface area contributed by atoms with Crippen molar-refractivity contribution < 1.29 is 4.79 Å². The fraction of sp³-hybridized carbons (Fsp3) is 0.261. The largest absolute Gasteiger partial charge is 0.351 e. The summed E-state index contributed by atoms with van der Waals surface area (Å²) in [5, 5.41) is 0.967. The molecule has 0 spiro atoms. The molecule has 4 aromatic rings. The molecule has 0 atom stereocenters. The predicted molar refractivity (Wildman–Crippen MR) is 121 cm³/mol. The molecule has 0 saturated carbocycles. The molecular formula is C23H24N6O2. The monoisotopic (exact) mass is 416 g/mol. The molecular weight excluding hydrogens is 392 g/mol. The molecule has 8 nitrogen and oxygen atoms in total. The summed E-state index contributed by atoms with van der Waals surface area (Å²) in [7, 11) is 0. The number of pyridine rings is 1. The lowest BCUT2D eigenvalue weighted by atomic mass is 10.1. The normalized spacial score (nSPS) is 15.0. The van der Waals surface area contributed by atoms with Gasteiger partial charge in [0.1, 0.15) is 5.82 Å². The van der Waals surface area contributed by atoms with E-state index >= 15 is 0 Å². The van der Waals surface area contributed by atoms with E-state index in [-0.39, 0.29) is 11.6 Å². The Morgan fingerprint density at radius 1 is 1.00 bits per heavy atom. The highest BCUT2D eigenvalue weighted by Gasteiger charge is 2.19. The lowest BCUT2D eigenvalue weighted by Crippen LogP contribution is -2.50. The van der Waals surface area contributed by atoms with E-state index in [1.807, 2.05) is 36.4 Å². The number of piperazine rings is 1. The highest BCUT2D eigenvalue weighted by atomic mass is 16.2. The molecule has 158 valence electrons. The van der Waals surface area contributed by atoms with Crippen molar-refractivity contribution in [3.8, 4) is 11.4 Å². The summed E-state index contributed by atoms with van der Waals surface area (Å²) in [6.07, 6.45) is 0.900. The number of amides is 2. The Morgan fingerprint density at radius 2 is 1.81 bits per heavy atom. The van der Waals surface area contributed by atoms with E-state index < -0.39 is 0 Å². The summed E-state index contributed by atoms with van der Waals surface area (Å²) in [5.74, 6) is 0.571. The number of nitrogens with zero attached hydrogens (tertiary/aromatic N) is 3. The number of H-pyrrole nitrogens is 2. The minimum Gasteiger partial charge on any atom is -0.351 e. The van der Waals surface area contributed by atoms with Crippen LogP contribution in [0.2, 0.25) is 0 Å². The SMILES string of the molecule is NC(=O)N1CCN(CCc2ccc3nc(-c4cc5ccccc5[nH]c4=O)[nH]c3c2)CC1. The first-order chi connectivity index (χ1) is 15.1. The topological polar surface area (TPSA) is 111 Å². The summed E-state index contributed by atoms with van der Waals surface area (Å²) >= 11 is 0. The second kappa shape index (κ2) is 7.88. The van der Waals surface area contributed by atoms with Crippen LogP contribution in [-0.4, -0.2) is 63.5 Å². The third-order valence-corrected chi connectivity index (χ3v) is 5.96. The van der Waals surface area contributed by atoms with E-state index in [1.54, 1.807) is 4.90 Å². The Hall–Kier alpha value is -3.65. The molecule has 0 bridgehead atoms. The number of nitrogens with two attached hydrogens (primary N) is 1. The van der Waals surface area contributed by atoms with Gasteiger partial charge in [0.2, 0.25) is 0 Å². The van der Waals surface area contributed by atoms with E-state index in [2.05, 4.69) is 32.0 Å². The summed E-state index contributed by atoms with van der Waals surface area (Å²) in [6, 6.07) is 15.4. The number of nitrogens with one attached hydrogen (secondary N) is 2. The fourth-order valence-electron chi connectivity index (χ4n) is 4.14. The van der Waals surface area contributed by atoms with Crippen LogP contribution in [0.5, 0.6) is 0 Å². The van der Waals surface area contributed by atoms with Gasteiger partial charge in [-0.2, -0.15) is 0 Å². The number of rotatable bonds is 4. The van der Waals surface area contributed by atoms with Crippen LogP contribution in [0, 0.1) is 0 Å². The third kappa shape index (κ3) is 3.89. The molecule has 1 fully saturated rings. The van der Waals surface area contributed by atoms with E-state index in [4.69, 9.17) is 5.73 Å². The van der Waals surface area contributed by atoms with Gasteiger partial charge in [0, 0.05) is 38.2 Å². The average Bonchev–Trinajstić information content (AvgIpc) is 3.20. The number of hydrogen-bond acceptors (Lipinski definition) is 4. The second-order valence-electron chi connectivity index (χ2n) is 7.95. The number of para-hydroxylation sites is 1. The average molecular weight is 416 g/mol. The Labute approximate surface area is 178 Å². The van der Waals surface area contributed by atoms with Gasteiger partial charge in [-0.25, -0.2) is 9.78 Å². The second-order valence-corrected chi connectivity index (χ2v) is 7.95. The maximum Gasteiger partial charge on any atom is 0.314 e. The third-order valence-electron chi connectivity index (χ3n) is 5.96. The standard InChI is InChI=1S/C23H24N6O2/c24-23(31)29-11-9-28(10-12-29)8-7-15-5-6-19-20(13-15)26-21(25-19)17-14-16-3-1-2-4-18(16)27-22(17)30/h1-6,13-14H,7-12H2,(H2,24,31)(H,25,26)(H,27,30). The first-order valence-corrected chi connectivity index (χ1v) is 10.4. The van der Waals surface area contributed by atoms with Crippen LogP contribution in [0.1, 0.15) is 5.56 Å². The van der Waals surface area contributed by atoms with E-state index in [0.717, 1.165) is 48.0 Å². The van der Waals surface area contributed by atoms with Gasteiger partial charge in [0.25, 0.3) is 5.56 Å². The molecule has 1 saturated heterocycles. The van der Waals surface area contributed by atoms with Gasteiger partial charge in [0.05, 0.1) is 16.6 Å². The minimum atomic E-state index is -0.342. The van der Waals surface area contributed by atoms with Gasteiger partial charge < -0.3 is 20.6 Å². The number of fused-ring (bicyclic) bond motifs is 2. The molecule has 2 amide bonds. The fourth-order valence-corrected chi connectivity index (χ4v) is 4.14. The van der Waals surface area contributed by atoms with Crippen molar-refractivity contribution in [2.45, 2.75) is 6.42 Å².